The molecule has 0 aromatic heterocycles. The Morgan fingerprint density at radius 1 is 1.05 bits per heavy atom. The highest BCUT2D eigenvalue weighted by Crippen LogP contribution is 2.24. The number of hydrogen-bond acceptors (Lipinski definition) is 3. The number of nitrogen functional groups attached to an aromatic ring is 1. The molecular weight excluding hydrogens is 315 g/mol. The quantitative estimate of drug-likeness (QED) is 0.753. The molecule has 0 unspecified atom stereocenters. The van der Waals surface area contributed by atoms with E-state index in [1.54, 1.807) is 6.07 Å². The number of nitrogens with one attached hydrogen (secondary N) is 1. The minimum atomic E-state index is -1.20. The maximum atomic E-state index is 12.2. The van der Waals surface area contributed by atoms with Crippen LogP contribution in [0, 0.1) is 0 Å². The second kappa shape index (κ2) is 6.03. The molecule has 1 amide bonds. The number of rotatable bonds is 3. The largest absolute Gasteiger partial charge is 0.478 e. The van der Waals surface area contributed by atoms with Gasteiger partial charge in [0, 0.05) is 10.7 Å². The van der Waals surface area contributed by atoms with Gasteiger partial charge in [-0.1, -0.05) is 23.2 Å². The van der Waals surface area contributed by atoms with Crippen molar-refractivity contribution < 1.29 is 14.7 Å². The van der Waals surface area contributed by atoms with Crippen LogP contribution in [0.5, 0.6) is 0 Å². The molecule has 2 rings (SSSR count). The van der Waals surface area contributed by atoms with Gasteiger partial charge in [0.15, 0.2) is 0 Å². The Bertz CT molecular complexity index is 732. The third-order valence-electron chi connectivity index (χ3n) is 2.70. The van der Waals surface area contributed by atoms with E-state index in [1.165, 1.54) is 30.3 Å². The minimum Gasteiger partial charge on any atom is -0.478 e. The molecule has 0 atom stereocenters. The van der Waals surface area contributed by atoms with Crippen molar-refractivity contribution in [3.63, 3.8) is 0 Å². The number of carboxylic acid groups (broad SMARTS) is 1. The van der Waals surface area contributed by atoms with Crippen LogP contribution in [-0.4, -0.2) is 17.0 Å². The minimum absolute atomic E-state index is 0.110. The van der Waals surface area contributed by atoms with Crippen LogP contribution >= 0.6 is 23.2 Å². The van der Waals surface area contributed by atoms with Crippen LogP contribution in [0.4, 0.5) is 11.4 Å². The molecule has 0 aliphatic rings. The van der Waals surface area contributed by atoms with Crippen LogP contribution in [0.3, 0.4) is 0 Å². The molecule has 0 radical (unpaired) electrons. The monoisotopic (exact) mass is 324 g/mol. The van der Waals surface area contributed by atoms with Gasteiger partial charge in [0.25, 0.3) is 5.91 Å². The van der Waals surface area contributed by atoms with E-state index in [4.69, 9.17) is 34.0 Å². The molecule has 0 aliphatic heterocycles. The van der Waals surface area contributed by atoms with Crippen molar-refractivity contribution in [3.8, 4) is 0 Å². The highest BCUT2D eigenvalue weighted by atomic mass is 35.5. The van der Waals surface area contributed by atoms with Gasteiger partial charge < -0.3 is 16.2 Å². The van der Waals surface area contributed by atoms with Gasteiger partial charge in [0.1, 0.15) is 0 Å². The Balaban J connectivity index is 2.36. The highest BCUT2D eigenvalue weighted by Gasteiger charge is 2.16. The molecule has 0 bridgehead atoms. The van der Waals surface area contributed by atoms with Gasteiger partial charge in [-0.05, 0) is 36.4 Å². The molecule has 2 aromatic rings. The smallest absolute Gasteiger partial charge is 0.337 e. The van der Waals surface area contributed by atoms with Crippen molar-refractivity contribution in [1.29, 1.82) is 0 Å². The van der Waals surface area contributed by atoms with Gasteiger partial charge in [-0.25, -0.2) is 4.79 Å². The summed E-state index contributed by atoms with van der Waals surface area (Å²) in [7, 11) is 0. The van der Waals surface area contributed by atoms with E-state index in [2.05, 4.69) is 5.32 Å². The van der Waals surface area contributed by atoms with Gasteiger partial charge in [0.2, 0.25) is 0 Å². The lowest BCUT2D eigenvalue weighted by Gasteiger charge is -2.10. The third kappa shape index (κ3) is 3.45. The van der Waals surface area contributed by atoms with E-state index in [0.717, 1.165) is 0 Å². The topological polar surface area (TPSA) is 92.4 Å². The zero-order chi connectivity index (χ0) is 15.6. The van der Waals surface area contributed by atoms with Crippen molar-refractivity contribution in [3.05, 3.63) is 57.6 Å². The lowest BCUT2D eigenvalue weighted by molar-refractivity contribution is 0.0698. The maximum Gasteiger partial charge on any atom is 0.337 e. The standard InChI is InChI=1S/C14H10Cl2N2O3/c15-7-1-3-11(16)9(5-7)13(19)18-12-4-2-8(17)6-10(12)14(20)21/h1-6H,17H2,(H,18,19)(H,20,21). The summed E-state index contributed by atoms with van der Waals surface area (Å²) < 4.78 is 0. The number of amides is 1. The number of anilines is 2. The van der Waals surface area contributed by atoms with Gasteiger partial charge in [-0.3, -0.25) is 4.79 Å². The Hall–Kier alpha value is -2.24. The fourth-order valence-corrected chi connectivity index (χ4v) is 2.08. The third-order valence-corrected chi connectivity index (χ3v) is 3.26. The van der Waals surface area contributed by atoms with E-state index in [9.17, 15) is 9.59 Å². The molecule has 108 valence electrons. The van der Waals surface area contributed by atoms with E-state index < -0.39 is 11.9 Å². The first kappa shape index (κ1) is 15.2. The SMILES string of the molecule is Nc1ccc(NC(=O)c2cc(Cl)ccc2Cl)c(C(=O)O)c1. The summed E-state index contributed by atoms with van der Waals surface area (Å²) >= 11 is 11.7. The molecule has 0 saturated carbocycles. The van der Waals surface area contributed by atoms with Crippen LogP contribution in [0.2, 0.25) is 10.0 Å². The van der Waals surface area contributed by atoms with Gasteiger partial charge in [0.05, 0.1) is 21.8 Å². The van der Waals surface area contributed by atoms with E-state index >= 15 is 0 Å². The Labute approximate surface area is 130 Å². The van der Waals surface area contributed by atoms with Crippen molar-refractivity contribution >= 4 is 46.5 Å². The Morgan fingerprint density at radius 2 is 1.76 bits per heavy atom. The lowest BCUT2D eigenvalue weighted by atomic mass is 10.1. The first-order valence-electron chi connectivity index (χ1n) is 5.77. The Morgan fingerprint density at radius 3 is 2.43 bits per heavy atom. The summed E-state index contributed by atoms with van der Waals surface area (Å²) in [5.41, 5.74) is 5.98. The summed E-state index contributed by atoms with van der Waals surface area (Å²) in [4.78, 5) is 23.3. The molecule has 2 aromatic carbocycles. The van der Waals surface area contributed by atoms with Crippen molar-refractivity contribution in [1.82, 2.24) is 0 Å². The molecule has 0 fully saturated rings. The summed E-state index contributed by atoms with van der Waals surface area (Å²) in [6.07, 6.45) is 0. The Kier molecular flexibility index (Phi) is 4.35. The van der Waals surface area contributed by atoms with E-state index in [0.29, 0.717) is 5.02 Å². The van der Waals surface area contributed by atoms with Crippen LogP contribution in [-0.2, 0) is 0 Å². The normalized spacial score (nSPS) is 10.2. The van der Waals surface area contributed by atoms with Crippen molar-refractivity contribution in [2.24, 2.45) is 0 Å². The number of carboxylic acids is 1. The first-order chi connectivity index (χ1) is 9.88. The number of halogens is 2. The number of nitrogens with two attached hydrogens (primary N) is 1. The van der Waals surface area contributed by atoms with Crippen LogP contribution in [0.1, 0.15) is 20.7 Å². The average molecular weight is 325 g/mol. The second-order valence-corrected chi connectivity index (χ2v) is 5.03. The molecule has 0 heterocycles. The maximum absolute atomic E-state index is 12.2. The molecule has 21 heavy (non-hydrogen) atoms. The van der Waals surface area contributed by atoms with Crippen LogP contribution < -0.4 is 11.1 Å². The summed E-state index contributed by atoms with van der Waals surface area (Å²) in [6.45, 7) is 0. The van der Waals surface area contributed by atoms with Gasteiger partial charge in [-0.2, -0.15) is 0 Å². The highest BCUT2D eigenvalue weighted by molar-refractivity contribution is 6.36. The number of carbonyl (C=O) groups excluding carboxylic acids is 1. The molecule has 0 saturated heterocycles. The molecule has 5 nitrogen and oxygen atoms in total. The van der Waals surface area contributed by atoms with Crippen LogP contribution in [0.15, 0.2) is 36.4 Å². The van der Waals surface area contributed by atoms with Crippen LogP contribution in [0.25, 0.3) is 0 Å². The predicted molar refractivity (Wildman–Crippen MR) is 82.2 cm³/mol. The summed E-state index contributed by atoms with van der Waals surface area (Å²) in [6, 6.07) is 8.59. The molecule has 0 spiro atoms. The zero-order valence-electron chi connectivity index (χ0n) is 10.6. The molecule has 4 N–H and O–H groups in total. The second-order valence-electron chi connectivity index (χ2n) is 4.19. The average Bonchev–Trinajstić information content (AvgIpc) is 2.43. The first-order valence-corrected chi connectivity index (χ1v) is 6.53. The number of aromatic carboxylic acids is 1. The summed E-state index contributed by atoms with van der Waals surface area (Å²) in [5.74, 6) is -1.76. The number of benzene rings is 2. The van der Waals surface area contributed by atoms with Gasteiger partial charge in [-0.15, -0.1) is 0 Å². The van der Waals surface area contributed by atoms with E-state index in [-0.39, 0.29) is 27.5 Å². The van der Waals surface area contributed by atoms with Gasteiger partial charge >= 0.3 is 5.97 Å². The lowest BCUT2D eigenvalue weighted by Crippen LogP contribution is -2.15. The molecule has 7 heteroatoms. The van der Waals surface area contributed by atoms with Crippen molar-refractivity contribution in [2.45, 2.75) is 0 Å². The number of hydrogen-bond donors (Lipinski definition) is 3. The van der Waals surface area contributed by atoms with Crippen molar-refractivity contribution in [2.75, 3.05) is 11.1 Å². The fourth-order valence-electron chi connectivity index (χ4n) is 1.71. The fraction of sp³-hybridized carbons (Fsp3) is 0. The zero-order valence-corrected chi connectivity index (χ0v) is 12.1. The molecular formula is C14H10Cl2N2O3. The summed E-state index contributed by atoms with van der Waals surface area (Å²) in [5, 5.41) is 12.2. The molecule has 0 aliphatic carbocycles. The van der Waals surface area contributed by atoms with E-state index in [1.807, 2.05) is 0 Å². The number of carbonyl (C=O) groups is 2. The predicted octanol–water partition coefficient (Wildman–Crippen LogP) is 3.53.